The Bertz CT molecular complexity index is 961. The highest BCUT2D eigenvalue weighted by molar-refractivity contribution is 6.17. The summed E-state index contributed by atoms with van der Waals surface area (Å²) in [5.41, 5.74) is 6.29. The van der Waals surface area contributed by atoms with Crippen molar-refractivity contribution in [3.8, 4) is 0 Å². The molecule has 1 aliphatic heterocycles. The molecule has 0 bridgehead atoms. The van der Waals surface area contributed by atoms with Crippen LogP contribution in [0.3, 0.4) is 0 Å². The average Bonchev–Trinajstić information content (AvgIpc) is 3.22. The van der Waals surface area contributed by atoms with E-state index in [1.165, 1.54) is 5.56 Å². The number of hydrogen-bond donors (Lipinski definition) is 0. The molecule has 2 heterocycles. The van der Waals surface area contributed by atoms with Gasteiger partial charge in [-0.3, -0.25) is 4.99 Å². The van der Waals surface area contributed by atoms with Crippen LogP contribution in [0.25, 0.3) is 11.0 Å². The number of aromatic nitrogens is 3. The van der Waals surface area contributed by atoms with Crippen molar-refractivity contribution in [1.82, 2.24) is 15.0 Å². The lowest BCUT2D eigenvalue weighted by molar-refractivity contribution is 0.530. The predicted octanol–water partition coefficient (Wildman–Crippen LogP) is 3.57. The Morgan fingerprint density at radius 3 is 2.50 bits per heavy atom. The molecule has 0 amide bonds. The first kappa shape index (κ1) is 14.8. The fourth-order valence-corrected chi connectivity index (χ4v) is 2.87. The van der Waals surface area contributed by atoms with E-state index in [2.05, 4.69) is 60.3 Å². The summed E-state index contributed by atoms with van der Waals surface area (Å²) in [6.45, 7) is 6.90. The fourth-order valence-electron chi connectivity index (χ4n) is 2.87. The van der Waals surface area contributed by atoms with E-state index in [9.17, 15) is 0 Å². The molecule has 24 heavy (non-hydrogen) atoms. The first-order valence-electron chi connectivity index (χ1n) is 8.16. The standard InChI is InChI=1S/C19H19N5/c1-12(2)24-18-9-8-15(10-16(18)22-23-24)19-20-11-17(21-19)14-6-4-13(3)5-7-14/h4-10,12H,11H2,1-3H3. The van der Waals surface area contributed by atoms with Crippen molar-refractivity contribution in [2.24, 2.45) is 9.98 Å². The van der Waals surface area contributed by atoms with E-state index in [1.807, 2.05) is 22.9 Å². The lowest BCUT2D eigenvalue weighted by Crippen LogP contribution is -2.02. The van der Waals surface area contributed by atoms with Gasteiger partial charge < -0.3 is 0 Å². The van der Waals surface area contributed by atoms with Crippen molar-refractivity contribution >= 4 is 22.6 Å². The van der Waals surface area contributed by atoms with Crippen molar-refractivity contribution in [2.45, 2.75) is 26.8 Å². The zero-order valence-corrected chi connectivity index (χ0v) is 14.1. The second-order valence-electron chi connectivity index (χ2n) is 6.40. The molecule has 5 heteroatoms. The topological polar surface area (TPSA) is 55.4 Å². The van der Waals surface area contributed by atoms with Crippen molar-refractivity contribution in [1.29, 1.82) is 0 Å². The lowest BCUT2D eigenvalue weighted by atomic mass is 10.1. The maximum absolute atomic E-state index is 4.72. The third-order valence-electron chi connectivity index (χ3n) is 4.22. The molecule has 0 fully saturated rings. The summed E-state index contributed by atoms with van der Waals surface area (Å²) in [7, 11) is 0. The van der Waals surface area contributed by atoms with Crippen LogP contribution in [-0.2, 0) is 0 Å². The molecule has 5 nitrogen and oxygen atoms in total. The Kier molecular flexibility index (Phi) is 3.49. The van der Waals surface area contributed by atoms with E-state index in [0.717, 1.165) is 33.7 Å². The molecule has 0 saturated heterocycles. The third kappa shape index (κ3) is 2.52. The van der Waals surface area contributed by atoms with Gasteiger partial charge in [0.15, 0.2) is 5.84 Å². The van der Waals surface area contributed by atoms with Crippen LogP contribution >= 0.6 is 0 Å². The number of benzene rings is 2. The summed E-state index contributed by atoms with van der Waals surface area (Å²) < 4.78 is 1.93. The SMILES string of the molecule is Cc1ccc(C2=NC(c3ccc4c(c3)nnn4C(C)C)=NC2)cc1. The van der Waals surface area contributed by atoms with Gasteiger partial charge in [0, 0.05) is 11.6 Å². The normalized spacial score (nSPS) is 14.3. The molecule has 0 atom stereocenters. The highest BCUT2D eigenvalue weighted by atomic mass is 15.4. The zero-order chi connectivity index (χ0) is 16.7. The van der Waals surface area contributed by atoms with E-state index >= 15 is 0 Å². The van der Waals surface area contributed by atoms with E-state index < -0.39 is 0 Å². The Hall–Kier alpha value is -2.82. The summed E-state index contributed by atoms with van der Waals surface area (Å²) in [6.07, 6.45) is 0. The molecule has 0 unspecified atom stereocenters. The van der Waals surface area contributed by atoms with Crippen molar-refractivity contribution < 1.29 is 0 Å². The number of fused-ring (bicyclic) bond motifs is 1. The maximum atomic E-state index is 4.72. The summed E-state index contributed by atoms with van der Waals surface area (Å²) in [4.78, 5) is 9.31. The van der Waals surface area contributed by atoms with E-state index in [4.69, 9.17) is 4.99 Å². The van der Waals surface area contributed by atoms with Crippen LogP contribution in [0.2, 0.25) is 0 Å². The molecule has 4 rings (SSSR count). The molecule has 0 spiro atoms. The van der Waals surface area contributed by atoms with Crippen LogP contribution in [0.5, 0.6) is 0 Å². The number of hydrogen-bond acceptors (Lipinski definition) is 4. The highest BCUT2D eigenvalue weighted by Gasteiger charge is 2.15. The van der Waals surface area contributed by atoms with Gasteiger partial charge in [0.25, 0.3) is 0 Å². The van der Waals surface area contributed by atoms with Gasteiger partial charge >= 0.3 is 0 Å². The number of amidine groups is 1. The molecule has 3 aromatic rings. The molecule has 1 aromatic heterocycles. The summed E-state index contributed by atoms with van der Waals surface area (Å²) in [6, 6.07) is 14.8. The van der Waals surface area contributed by atoms with Gasteiger partial charge in [0.1, 0.15) is 5.52 Å². The van der Waals surface area contributed by atoms with E-state index in [-0.39, 0.29) is 6.04 Å². The van der Waals surface area contributed by atoms with Gasteiger partial charge in [0.2, 0.25) is 0 Å². The van der Waals surface area contributed by atoms with Crippen LogP contribution in [0.15, 0.2) is 52.4 Å². The number of nitrogens with zero attached hydrogens (tertiary/aromatic N) is 5. The maximum Gasteiger partial charge on any atom is 0.155 e. The number of aryl methyl sites for hydroxylation is 1. The Morgan fingerprint density at radius 1 is 1.00 bits per heavy atom. The van der Waals surface area contributed by atoms with Gasteiger partial charge in [-0.05, 0) is 44.5 Å². The monoisotopic (exact) mass is 317 g/mol. The fraction of sp³-hybridized carbons (Fsp3) is 0.263. The average molecular weight is 317 g/mol. The van der Waals surface area contributed by atoms with Crippen LogP contribution in [0, 0.1) is 6.92 Å². The minimum Gasteiger partial charge on any atom is -0.260 e. The Balaban J connectivity index is 1.67. The van der Waals surface area contributed by atoms with Crippen molar-refractivity contribution in [3.63, 3.8) is 0 Å². The summed E-state index contributed by atoms with van der Waals surface area (Å²) >= 11 is 0. The van der Waals surface area contributed by atoms with Crippen LogP contribution in [-0.4, -0.2) is 33.1 Å². The molecule has 0 radical (unpaired) electrons. The van der Waals surface area contributed by atoms with Gasteiger partial charge in [-0.25, -0.2) is 9.67 Å². The van der Waals surface area contributed by atoms with Crippen molar-refractivity contribution in [3.05, 3.63) is 59.2 Å². The second kappa shape index (κ2) is 5.67. The Morgan fingerprint density at radius 2 is 1.75 bits per heavy atom. The zero-order valence-electron chi connectivity index (χ0n) is 14.1. The summed E-state index contributed by atoms with van der Waals surface area (Å²) in [5, 5.41) is 8.49. The quantitative estimate of drug-likeness (QED) is 0.741. The first-order valence-corrected chi connectivity index (χ1v) is 8.16. The van der Waals surface area contributed by atoms with E-state index in [0.29, 0.717) is 6.54 Å². The van der Waals surface area contributed by atoms with Gasteiger partial charge in [-0.1, -0.05) is 35.0 Å². The lowest BCUT2D eigenvalue weighted by Gasteiger charge is -2.05. The number of aliphatic imine (C=N–C) groups is 2. The summed E-state index contributed by atoms with van der Waals surface area (Å²) in [5.74, 6) is 0.770. The molecular weight excluding hydrogens is 298 g/mol. The Labute approximate surface area is 140 Å². The van der Waals surface area contributed by atoms with E-state index in [1.54, 1.807) is 0 Å². The largest absolute Gasteiger partial charge is 0.260 e. The first-order chi connectivity index (χ1) is 11.6. The minimum absolute atomic E-state index is 0.288. The third-order valence-corrected chi connectivity index (χ3v) is 4.22. The second-order valence-corrected chi connectivity index (χ2v) is 6.40. The molecular formula is C19H19N5. The van der Waals surface area contributed by atoms with Crippen molar-refractivity contribution in [2.75, 3.05) is 6.54 Å². The molecule has 120 valence electrons. The van der Waals surface area contributed by atoms with Crippen LogP contribution < -0.4 is 0 Å². The predicted molar refractivity (Wildman–Crippen MR) is 97.0 cm³/mol. The molecule has 0 aliphatic carbocycles. The molecule has 0 saturated carbocycles. The highest BCUT2D eigenvalue weighted by Crippen LogP contribution is 2.19. The van der Waals surface area contributed by atoms with Gasteiger partial charge in [-0.15, -0.1) is 5.10 Å². The molecule has 2 aromatic carbocycles. The number of rotatable bonds is 3. The smallest absolute Gasteiger partial charge is 0.155 e. The van der Waals surface area contributed by atoms with Gasteiger partial charge in [-0.2, -0.15) is 0 Å². The minimum atomic E-state index is 0.288. The van der Waals surface area contributed by atoms with Crippen LogP contribution in [0.1, 0.15) is 36.6 Å². The van der Waals surface area contributed by atoms with Gasteiger partial charge in [0.05, 0.1) is 17.8 Å². The van der Waals surface area contributed by atoms with Crippen LogP contribution in [0.4, 0.5) is 0 Å². The molecule has 1 aliphatic rings. The molecule has 0 N–H and O–H groups in total.